The maximum absolute atomic E-state index is 12.5. The van der Waals surface area contributed by atoms with E-state index in [9.17, 15) is 14.4 Å². The van der Waals surface area contributed by atoms with Gasteiger partial charge in [-0.3, -0.25) is 14.4 Å². The number of carbonyl (C=O) groups excluding carboxylic acids is 3. The number of esters is 3. The molecule has 0 aromatic rings. The molecule has 0 aromatic carbocycles. The first-order valence-electron chi connectivity index (χ1n) is 20.1. The summed E-state index contributed by atoms with van der Waals surface area (Å²) < 4.78 is 16.5. The Morgan fingerprint density at radius 3 is 1.37 bits per heavy atom. The van der Waals surface area contributed by atoms with Crippen molar-refractivity contribution >= 4 is 17.9 Å². The number of unbranched alkanes of at least 4 members (excludes halogenated alkanes) is 18. The van der Waals surface area contributed by atoms with E-state index in [0.29, 0.717) is 19.3 Å². The highest BCUT2D eigenvalue weighted by Crippen LogP contribution is 2.12. The van der Waals surface area contributed by atoms with E-state index in [2.05, 4.69) is 56.9 Å². The Bertz CT molecular complexity index is 874. The number of ether oxygens (including phenoxy) is 3. The van der Waals surface area contributed by atoms with Gasteiger partial charge in [-0.15, -0.1) is 6.58 Å². The molecule has 0 radical (unpaired) electrons. The predicted octanol–water partition coefficient (Wildman–Crippen LogP) is 12.4. The van der Waals surface area contributed by atoms with Gasteiger partial charge in [0, 0.05) is 19.3 Å². The summed E-state index contributed by atoms with van der Waals surface area (Å²) in [5, 5.41) is 0. The quantitative estimate of drug-likeness (QED) is 0.0282. The van der Waals surface area contributed by atoms with E-state index < -0.39 is 6.10 Å². The molecule has 6 nitrogen and oxygen atoms in total. The first-order valence-corrected chi connectivity index (χ1v) is 20.1. The molecule has 1 unspecified atom stereocenters. The third-order valence-corrected chi connectivity index (χ3v) is 8.43. The van der Waals surface area contributed by atoms with Crippen molar-refractivity contribution in [2.75, 3.05) is 13.2 Å². The van der Waals surface area contributed by atoms with Crippen molar-refractivity contribution in [1.29, 1.82) is 0 Å². The average Bonchev–Trinajstić information content (AvgIpc) is 3.10. The molecule has 0 bridgehead atoms. The van der Waals surface area contributed by atoms with Crippen LogP contribution in [0.15, 0.2) is 49.1 Å². The van der Waals surface area contributed by atoms with Crippen molar-refractivity contribution in [3.63, 3.8) is 0 Å². The number of allylic oxidation sites excluding steroid dienone is 7. The van der Waals surface area contributed by atoms with E-state index in [1.807, 2.05) is 6.08 Å². The molecular weight excluding hydrogens is 612 g/mol. The summed E-state index contributed by atoms with van der Waals surface area (Å²) in [5.74, 6) is -0.948. The summed E-state index contributed by atoms with van der Waals surface area (Å²) >= 11 is 0. The van der Waals surface area contributed by atoms with Crippen LogP contribution in [-0.2, 0) is 28.6 Å². The lowest BCUT2D eigenvalue weighted by atomic mass is 10.1. The summed E-state index contributed by atoms with van der Waals surface area (Å²) in [5.41, 5.74) is 0. The fourth-order valence-corrected chi connectivity index (χ4v) is 5.39. The van der Waals surface area contributed by atoms with Crippen LogP contribution in [0.2, 0.25) is 0 Å². The van der Waals surface area contributed by atoms with Crippen molar-refractivity contribution in [2.45, 2.75) is 193 Å². The Balaban J connectivity index is 4.32. The summed E-state index contributed by atoms with van der Waals surface area (Å²) in [6, 6.07) is 0. The van der Waals surface area contributed by atoms with Crippen LogP contribution in [0.3, 0.4) is 0 Å². The molecule has 0 amide bonds. The van der Waals surface area contributed by atoms with Gasteiger partial charge >= 0.3 is 17.9 Å². The Kier molecular flexibility index (Phi) is 36.1. The predicted molar refractivity (Wildman–Crippen MR) is 205 cm³/mol. The fourth-order valence-electron chi connectivity index (χ4n) is 5.39. The summed E-state index contributed by atoms with van der Waals surface area (Å²) in [6.45, 7) is 7.94. The minimum atomic E-state index is -0.784. The molecule has 0 fully saturated rings. The molecular formula is C43H74O6. The van der Waals surface area contributed by atoms with Crippen LogP contribution in [0.1, 0.15) is 187 Å². The third-order valence-electron chi connectivity index (χ3n) is 8.43. The SMILES string of the molecule is C=CCCCCCCCC(=O)OC(COC(=O)CCCCCCCC=CCC)COC(=O)CCCCCCCC=CCC=CCCCCC. The van der Waals surface area contributed by atoms with Gasteiger partial charge < -0.3 is 14.2 Å². The van der Waals surface area contributed by atoms with Gasteiger partial charge in [0.1, 0.15) is 13.2 Å². The largest absolute Gasteiger partial charge is 0.462 e. The van der Waals surface area contributed by atoms with Gasteiger partial charge in [-0.1, -0.05) is 127 Å². The molecule has 0 aliphatic rings. The van der Waals surface area contributed by atoms with Gasteiger partial charge in [0.25, 0.3) is 0 Å². The zero-order valence-corrected chi connectivity index (χ0v) is 31.8. The van der Waals surface area contributed by atoms with Crippen LogP contribution < -0.4 is 0 Å². The first-order chi connectivity index (χ1) is 24.0. The van der Waals surface area contributed by atoms with Crippen LogP contribution in [0, 0.1) is 0 Å². The maximum Gasteiger partial charge on any atom is 0.306 e. The molecule has 282 valence electrons. The minimum absolute atomic E-state index is 0.0904. The molecule has 0 saturated carbocycles. The second-order valence-electron chi connectivity index (χ2n) is 13.2. The van der Waals surface area contributed by atoms with Gasteiger partial charge in [0.15, 0.2) is 6.10 Å². The van der Waals surface area contributed by atoms with E-state index in [-0.39, 0.29) is 31.1 Å². The van der Waals surface area contributed by atoms with E-state index in [1.54, 1.807) is 0 Å². The second-order valence-corrected chi connectivity index (χ2v) is 13.2. The van der Waals surface area contributed by atoms with E-state index in [4.69, 9.17) is 14.2 Å². The third kappa shape index (κ3) is 36.5. The van der Waals surface area contributed by atoms with Crippen molar-refractivity contribution in [2.24, 2.45) is 0 Å². The average molecular weight is 687 g/mol. The number of rotatable bonds is 36. The molecule has 0 aliphatic carbocycles. The van der Waals surface area contributed by atoms with E-state index in [1.165, 1.54) is 38.5 Å². The number of hydrogen-bond donors (Lipinski definition) is 0. The molecule has 0 rings (SSSR count). The van der Waals surface area contributed by atoms with Crippen LogP contribution in [0.25, 0.3) is 0 Å². The highest BCUT2D eigenvalue weighted by atomic mass is 16.6. The molecule has 0 heterocycles. The lowest BCUT2D eigenvalue weighted by molar-refractivity contribution is -0.167. The minimum Gasteiger partial charge on any atom is -0.462 e. The fraction of sp³-hybridized carbons (Fsp3) is 0.744. The summed E-state index contributed by atoms with van der Waals surface area (Å²) in [4.78, 5) is 37.3. The lowest BCUT2D eigenvalue weighted by Crippen LogP contribution is -2.30. The van der Waals surface area contributed by atoms with Crippen LogP contribution in [-0.4, -0.2) is 37.2 Å². The molecule has 49 heavy (non-hydrogen) atoms. The molecule has 0 spiro atoms. The van der Waals surface area contributed by atoms with E-state index in [0.717, 1.165) is 116 Å². The maximum atomic E-state index is 12.5. The van der Waals surface area contributed by atoms with E-state index >= 15 is 0 Å². The summed E-state index contributed by atoms with van der Waals surface area (Å²) in [7, 11) is 0. The second kappa shape index (κ2) is 38.2. The molecule has 0 aliphatic heterocycles. The monoisotopic (exact) mass is 687 g/mol. The molecule has 0 aromatic heterocycles. The van der Waals surface area contributed by atoms with Gasteiger partial charge in [0.05, 0.1) is 0 Å². The van der Waals surface area contributed by atoms with Gasteiger partial charge in [0.2, 0.25) is 0 Å². The Morgan fingerprint density at radius 2 is 0.898 bits per heavy atom. The standard InChI is InChI=1S/C43H74O6/c1-4-7-10-13-16-18-19-20-21-22-23-25-28-30-33-36-42(45)48-39-40(49-43(46)37-34-31-26-15-12-9-6-3)38-47-41(44)35-32-29-27-24-17-14-11-8-5-2/h6,8,11,16,18,20-21,40H,3-5,7,9-10,12-15,17,19,22-39H2,1-2H3. The number of carbonyl (C=O) groups is 3. The van der Waals surface area contributed by atoms with Crippen molar-refractivity contribution in [1.82, 2.24) is 0 Å². The van der Waals surface area contributed by atoms with Gasteiger partial charge in [-0.25, -0.2) is 0 Å². The topological polar surface area (TPSA) is 78.9 Å². The highest BCUT2D eigenvalue weighted by Gasteiger charge is 2.19. The molecule has 6 heteroatoms. The van der Waals surface area contributed by atoms with Gasteiger partial charge in [-0.05, 0) is 83.5 Å². The van der Waals surface area contributed by atoms with Crippen molar-refractivity contribution in [3.8, 4) is 0 Å². The molecule has 0 saturated heterocycles. The van der Waals surface area contributed by atoms with Gasteiger partial charge in [-0.2, -0.15) is 0 Å². The Morgan fingerprint density at radius 1 is 0.490 bits per heavy atom. The van der Waals surface area contributed by atoms with Crippen LogP contribution in [0.4, 0.5) is 0 Å². The smallest absolute Gasteiger partial charge is 0.306 e. The van der Waals surface area contributed by atoms with Crippen LogP contribution in [0.5, 0.6) is 0 Å². The highest BCUT2D eigenvalue weighted by molar-refractivity contribution is 5.71. The molecule has 0 N–H and O–H groups in total. The number of hydrogen-bond acceptors (Lipinski definition) is 6. The summed E-state index contributed by atoms with van der Waals surface area (Å²) in [6.07, 6.45) is 41.5. The molecule has 1 atom stereocenters. The first kappa shape index (κ1) is 46.4. The normalized spacial score (nSPS) is 12.2. The lowest BCUT2D eigenvalue weighted by Gasteiger charge is -2.18. The van der Waals surface area contributed by atoms with Crippen molar-refractivity contribution in [3.05, 3.63) is 49.1 Å². The van der Waals surface area contributed by atoms with Crippen molar-refractivity contribution < 1.29 is 28.6 Å². The Labute approximate surface area is 301 Å². The Hall–Kier alpha value is -2.63. The zero-order valence-electron chi connectivity index (χ0n) is 31.8. The van der Waals surface area contributed by atoms with Crippen LogP contribution >= 0.6 is 0 Å². The zero-order chi connectivity index (χ0) is 35.9.